The van der Waals surface area contributed by atoms with Crippen molar-refractivity contribution in [1.29, 1.82) is 0 Å². The summed E-state index contributed by atoms with van der Waals surface area (Å²) in [6.45, 7) is -0.0596. The van der Waals surface area contributed by atoms with E-state index in [0.717, 1.165) is 27.4 Å². The van der Waals surface area contributed by atoms with E-state index < -0.39 is 30.3 Å². The fourth-order valence-corrected chi connectivity index (χ4v) is 6.04. The number of aryl methyl sites for hydroxylation is 1. The molecule has 3 aromatic rings. The minimum Gasteiger partial charge on any atom is -0.392 e. The molecule has 10 nitrogen and oxygen atoms in total. The van der Waals surface area contributed by atoms with Gasteiger partial charge in [-0.15, -0.1) is 10.2 Å². The van der Waals surface area contributed by atoms with Gasteiger partial charge in [-0.05, 0) is 29.5 Å². The Labute approximate surface area is 250 Å². The molecular formula is C29H32F3N5O5S. The Hall–Kier alpha value is -3.46. The third-order valence-corrected chi connectivity index (χ3v) is 8.63. The average molecular weight is 620 g/mol. The van der Waals surface area contributed by atoms with Gasteiger partial charge in [-0.3, -0.25) is 9.59 Å². The molecule has 2 aromatic carbocycles. The Morgan fingerprint density at radius 2 is 1.77 bits per heavy atom. The molecule has 0 aliphatic carbocycles. The number of rotatable bonds is 9. The number of aromatic nitrogens is 3. The van der Waals surface area contributed by atoms with Crippen LogP contribution in [-0.2, 0) is 39.3 Å². The zero-order chi connectivity index (χ0) is 30.6. The van der Waals surface area contributed by atoms with E-state index in [1.165, 1.54) is 11.8 Å². The molecule has 2 aliphatic rings. The molecule has 3 heterocycles. The smallest absolute Gasteiger partial charge is 0.392 e. The zero-order valence-electron chi connectivity index (χ0n) is 23.4. The summed E-state index contributed by atoms with van der Waals surface area (Å²) >= 11 is 1.53. The number of amides is 2. The highest BCUT2D eigenvalue weighted by atomic mass is 32.2. The maximum atomic E-state index is 12.9. The number of thioether (sulfide) groups is 1. The van der Waals surface area contributed by atoms with E-state index in [1.54, 1.807) is 18.5 Å². The number of alkyl halides is 3. The summed E-state index contributed by atoms with van der Waals surface area (Å²) in [7, 11) is 1.87. The van der Waals surface area contributed by atoms with Crippen LogP contribution in [0.1, 0.15) is 53.9 Å². The number of hydrogen-bond acceptors (Lipinski definition) is 8. The van der Waals surface area contributed by atoms with Crippen LogP contribution in [0.15, 0.2) is 60.0 Å². The number of aliphatic hydroxyl groups excluding tert-OH is 1. The average Bonchev–Trinajstić information content (AvgIpc) is 3.67. The second-order valence-electron chi connectivity index (χ2n) is 10.5. The molecule has 2 aliphatic heterocycles. The van der Waals surface area contributed by atoms with Crippen LogP contribution in [0.5, 0.6) is 0 Å². The number of nitrogens with zero attached hydrogens (tertiary/aromatic N) is 4. The van der Waals surface area contributed by atoms with Crippen LogP contribution >= 0.6 is 11.8 Å². The fourth-order valence-electron chi connectivity index (χ4n) is 5.14. The standard InChI is InChI=1S/C29H32F3N5O5S/c1-36-17-34-35-28(36)43-16-22-13-24(20-8-6-19(15-38)7-9-20)42-26(41-22)21-10-4-18(5-11-21)14-33-25(39)23-3-2-12-37(23)27(40)29(30,31)32/h4-11,17,22-24,26,38H,2-3,12-16H2,1H3,(H,33,39)/t22-,23-,24+,26+/m0/s1. The van der Waals surface area contributed by atoms with Crippen molar-refractivity contribution in [2.24, 2.45) is 7.05 Å². The van der Waals surface area contributed by atoms with Crippen LogP contribution in [0, 0.1) is 0 Å². The van der Waals surface area contributed by atoms with Crippen molar-refractivity contribution in [3.8, 4) is 0 Å². The number of likely N-dealkylation sites (tertiary alicyclic amines) is 1. The maximum Gasteiger partial charge on any atom is 0.471 e. The molecule has 4 atom stereocenters. The third-order valence-electron chi connectivity index (χ3n) is 7.46. The molecule has 0 unspecified atom stereocenters. The number of nitrogens with one attached hydrogen (secondary N) is 1. The van der Waals surface area contributed by atoms with Crippen LogP contribution in [0.3, 0.4) is 0 Å². The van der Waals surface area contributed by atoms with E-state index in [2.05, 4.69) is 15.5 Å². The van der Waals surface area contributed by atoms with Crippen LogP contribution in [-0.4, -0.2) is 67.2 Å². The monoisotopic (exact) mass is 619 g/mol. The summed E-state index contributed by atoms with van der Waals surface area (Å²) in [5.74, 6) is -1.98. The molecule has 2 amide bonds. The largest absolute Gasteiger partial charge is 0.471 e. The number of aliphatic hydroxyl groups is 1. The van der Waals surface area contributed by atoms with Crippen molar-refractivity contribution in [3.05, 3.63) is 77.1 Å². The van der Waals surface area contributed by atoms with Crippen molar-refractivity contribution in [2.45, 2.75) is 68.3 Å². The molecule has 1 aromatic heterocycles. The first-order valence-corrected chi connectivity index (χ1v) is 14.8. The lowest BCUT2D eigenvalue weighted by atomic mass is 10.0. The molecule has 0 spiro atoms. The summed E-state index contributed by atoms with van der Waals surface area (Å²) in [5, 5.41) is 20.9. The van der Waals surface area contributed by atoms with Crippen molar-refractivity contribution >= 4 is 23.6 Å². The maximum absolute atomic E-state index is 12.9. The fraction of sp³-hybridized carbons (Fsp3) is 0.448. The van der Waals surface area contributed by atoms with Gasteiger partial charge in [-0.1, -0.05) is 60.3 Å². The van der Waals surface area contributed by atoms with Crippen LogP contribution < -0.4 is 5.32 Å². The molecule has 0 saturated carbocycles. The number of halogens is 3. The van der Waals surface area contributed by atoms with Crippen LogP contribution in [0.2, 0.25) is 0 Å². The summed E-state index contributed by atoms with van der Waals surface area (Å²) < 4.78 is 53.3. The molecule has 0 bridgehead atoms. The lowest BCUT2D eigenvalue weighted by Gasteiger charge is -2.36. The highest BCUT2D eigenvalue weighted by Crippen LogP contribution is 2.39. The van der Waals surface area contributed by atoms with E-state index in [9.17, 15) is 27.9 Å². The van der Waals surface area contributed by atoms with E-state index in [4.69, 9.17) is 9.47 Å². The summed E-state index contributed by atoms with van der Waals surface area (Å²) in [5.41, 5.74) is 3.25. The van der Waals surface area contributed by atoms with Gasteiger partial charge in [0.1, 0.15) is 12.4 Å². The lowest BCUT2D eigenvalue weighted by Crippen LogP contribution is -2.50. The quantitative estimate of drug-likeness (QED) is 0.347. The molecule has 14 heteroatoms. The normalized spacial score (nSPS) is 22.5. The van der Waals surface area contributed by atoms with Gasteiger partial charge in [0, 0.05) is 37.9 Å². The number of hydrogen-bond donors (Lipinski definition) is 2. The van der Waals surface area contributed by atoms with Gasteiger partial charge in [0.2, 0.25) is 5.91 Å². The third kappa shape index (κ3) is 7.55. The van der Waals surface area contributed by atoms with Gasteiger partial charge < -0.3 is 29.4 Å². The minimum atomic E-state index is -5.02. The lowest BCUT2D eigenvalue weighted by molar-refractivity contribution is -0.245. The summed E-state index contributed by atoms with van der Waals surface area (Å²) in [4.78, 5) is 25.0. The molecule has 43 heavy (non-hydrogen) atoms. The topological polar surface area (TPSA) is 119 Å². The Balaban J connectivity index is 1.24. The number of carbonyl (C=O) groups excluding carboxylic acids is 2. The van der Waals surface area contributed by atoms with Crippen LogP contribution in [0.25, 0.3) is 0 Å². The minimum absolute atomic E-state index is 0.0497. The Morgan fingerprint density at radius 1 is 1.07 bits per heavy atom. The predicted octanol–water partition coefficient (Wildman–Crippen LogP) is 3.81. The second kappa shape index (κ2) is 13.5. The van der Waals surface area contributed by atoms with Crippen molar-refractivity contribution in [2.75, 3.05) is 12.3 Å². The van der Waals surface area contributed by atoms with E-state index >= 15 is 0 Å². The second-order valence-corrected chi connectivity index (χ2v) is 11.5. The van der Waals surface area contributed by atoms with E-state index in [-0.39, 0.29) is 38.3 Å². The first-order chi connectivity index (χ1) is 20.6. The molecule has 5 rings (SSSR count). The highest BCUT2D eigenvalue weighted by molar-refractivity contribution is 7.99. The number of ether oxygens (including phenoxy) is 2. The van der Waals surface area contributed by atoms with Gasteiger partial charge in [-0.25, -0.2) is 0 Å². The Morgan fingerprint density at radius 3 is 2.42 bits per heavy atom. The first kappa shape index (κ1) is 31.0. The van der Waals surface area contributed by atoms with E-state index in [0.29, 0.717) is 23.5 Å². The molecule has 2 N–H and O–H groups in total. The van der Waals surface area contributed by atoms with Gasteiger partial charge >= 0.3 is 12.1 Å². The Kier molecular flexibility index (Phi) is 9.69. The van der Waals surface area contributed by atoms with Crippen molar-refractivity contribution < 1.29 is 37.3 Å². The van der Waals surface area contributed by atoms with Gasteiger partial charge in [-0.2, -0.15) is 13.2 Å². The predicted molar refractivity (Wildman–Crippen MR) is 149 cm³/mol. The molecule has 230 valence electrons. The molecule has 2 fully saturated rings. The molecular weight excluding hydrogens is 587 g/mol. The zero-order valence-corrected chi connectivity index (χ0v) is 24.2. The van der Waals surface area contributed by atoms with Crippen LogP contribution in [0.4, 0.5) is 13.2 Å². The highest BCUT2D eigenvalue weighted by Gasteiger charge is 2.47. The number of benzene rings is 2. The van der Waals surface area contributed by atoms with E-state index in [1.807, 2.05) is 48.0 Å². The summed E-state index contributed by atoms with van der Waals surface area (Å²) in [6.07, 6.45) is -3.36. The number of carbonyl (C=O) groups is 2. The van der Waals surface area contributed by atoms with Gasteiger partial charge in [0.25, 0.3) is 0 Å². The van der Waals surface area contributed by atoms with Gasteiger partial charge in [0.05, 0.1) is 18.8 Å². The van der Waals surface area contributed by atoms with Crippen molar-refractivity contribution in [3.63, 3.8) is 0 Å². The van der Waals surface area contributed by atoms with Gasteiger partial charge in [0.15, 0.2) is 11.4 Å². The SMILES string of the molecule is Cn1cnnc1SC[C@@H]1C[C@H](c2ccc(CO)cc2)O[C@H](c2ccc(CNC(=O)[C@@H]3CCCN3C(=O)C(F)(F)F)cc2)O1. The Bertz CT molecular complexity index is 1400. The molecule has 2 saturated heterocycles. The summed E-state index contributed by atoms with van der Waals surface area (Å²) in [6, 6.07) is 13.7. The van der Waals surface area contributed by atoms with Crippen molar-refractivity contribution in [1.82, 2.24) is 25.0 Å². The first-order valence-electron chi connectivity index (χ1n) is 13.8. The molecule has 0 radical (unpaired) electrons.